The molecule has 3 rings (SSSR count). The van der Waals surface area contributed by atoms with Crippen molar-refractivity contribution in [2.24, 2.45) is 0 Å². The number of imide groups is 1. The average Bonchev–Trinajstić information content (AvgIpc) is 2.97. The minimum Gasteiger partial charge on any atom is -0.488 e. The summed E-state index contributed by atoms with van der Waals surface area (Å²) < 4.78 is 6.42. The van der Waals surface area contributed by atoms with E-state index in [2.05, 4.69) is 34.5 Å². The minimum atomic E-state index is -0.479. The maximum absolute atomic E-state index is 12.7. The van der Waals surface area contributed by atoms with Gasteiger partial charge in [-0.15, -0.1) is 0 Å². The second kappa shape index (κ2) is 10.1. The van der Waals surface area contributed by atoms with Gasteiger partial charge in [0, 0.05) is 5.69 Å². The molecule has 0 radical (unpaired) electrons. The van der Waals surface area contributed by atoms with Crippen LogP contribution in [-0.2, 0) is 9.59 Å². The van der Waals surface area contributed by atoms with Gasteiger partial charge in [-0.25, -0.2) is 0 Å². The maximum atomic E-state index is 12.7. The molecule has 0 saturated carbocycles. The van der Waals surface area contributed by atoms with E-state index in [-0.39, 0.29) is 11.4 Å². The normalized spacial score (nSPS) is 14.8. The summed E-state index contributed by atoms with van der Waals surface area (Å²) >= 11 is 2.97. The fourth-order valence-electron chi connectivity index (χ4n) is 2.82. The molecule has 160 valence electrons. The molecular weight excluding hydrogens is 527 g/mol. The Kier molecular flexibility index (Phi) is 7.55. The van der Waals surface area contributed by atoms with E-state index in [1.54, 1.807) is 30.4 Å². The number of ether oxygens (including phenoxy) is 1. The fraction of sp³-hybridized carbons (Fsp3) is 0.174. The molecule has 2 aromatic carbocycles. The zero-order valence-electron chi connectivity index (χ0n) is 17.1. The highest BCUT2D eigenvalue weighted by atomic mass is 127. The Bertz CT molecular complexity index is 1100. The van der Waals surface area contributed by atoms with Crippen molar-refractivity contribution in [1.82, 2.24) is 4.90 Å². The molecule has 8 heteroatoms. The van der Waals surface area contributed by atoms with Gasteiger partial charge in [0.05, 0.1) is 8.48 Å². The number of thioether (sulfide) groups is 1. The topological polar surface area (TPSA) is 75.7 Å². The lowest BCUT2D eigenvalue weighted by atomic mass is 10.1. The standard InChI is InChI=1S/C23H21IN2O4S/c1-4-9-30-19-8-6-16(11-18(19)24)12-20-22(28)26(23(29)31-20)13-21(27)25-17-7-5-14(2)15(3)10-17/h4-8,10-12H,1,9,13H2,2-3H3,(H,25,27)/b20-12+. The van der Waals surface area contributed by atoms with Crippen LogP contribution < -0.4 is 10.1 Å². The van der Waals surface area contributed by atoms with Gasteiger partial charge in [0.15, 0.2) is 0 Å². The van der Waals surface area contributed by atoms with Crippen LogP contribution in [-0.4, -0.2) is 35.1 Å². The van der Waals surface area contributed by atoms with Gasteiger partial charge in [-0.2, -0.15) is 0 Å². The van der Waals surface area contributed by atoms with Crippen molar-refractivity contribution in [2.75, 3.05) is 18.5 Å². The first kappa shape index (κ1) is 23.1. The number of carbonyl (C=O) groups is 3. The van der Waals surface area contributed by atoms with Crippen molar-refractivity contribution in [1.29, 1.82) is 0 Å². The number of nitrogens with zero attached hydrogens (tertiary/aromatic N) is 1. The first-order chi connectivity index (χ1) is 14.8. The highest BCUT2D eigenvalue weighted by Gasteiger charge is 2.36. The summed E-state index contributed by atoms with van der Waals surface area (Å²) in [6, 6.07) is 11.0. The van der Waals surface area contributed by atoms with Gasteiger partial charge in [0.25, 0.3) is 11.1 Å². The van der Waals surface area contributed by atoms with E-state index in [0.29, 0.717) is 18.0 Å². The third-order valence-electron chi connectivity index (χ3n) is 4.58. The number of anilines is 1. The molecule has 1 fully saturated rings. The Morgan fingerprint density at radius 2 is 1.97 bits per heavy atom. The third-order valence-corrected chi connectivity index (χ3v) is 6.33. The predicted molar refractivity (Wildman–Crippen MR) is 132 cm³/mol. The van der Waals surface area contributed by atoms with Crippen LogP contribution in [0.3, 0.4) is 0 Å². The van der Waals surface area contributed by atoms with Crippen LogP contribution in [0.1, 0.15) is 16.7 Å². The van der Waals surface area contributed by atoms with E-state index in [1.165, 1.54) is 0 Å². The van der Waals surface area contributed by atoms with Crippen molar-refractivity contribution in [3.63, 3.8) is 0 Å². The number of halogens is 1. The SMILES string of the molecule is C=CCOc1ccc(/C=C2/SC(=O)N(CC(=O)Nc3ccc(C)c(C)c3)C2=O)cc1I. The lowest BCUT2D eigenvalue weighted by molar-refractivity contribution is -0.127. The van der Waals surface area contributed by atoms with E-state index in [9.17, 15) is 14.4 Å². The summed E-state index contributed by atoms with van der Waals surface area (Å²) in [5.74, 6) is -0.189. The molecule has 0 atom stereocenters. The Labute approximate surface area is 198 Å². The number of nitrogens with one attached hydrogen (secondary N) is 1. The van der Waals surface area contributed by atoms with Gasteiger partial charge in [-0.1, -0.05) is 24.8 Å². The van der Waals surface area contributed by atoms with Gasteiger partial charge < -0.3 is 10.1 Å². The predicted octanol–water partition coefficient (Wildman–Crippen LogP) is 5.15. The molecule has 1 aliphatic heterocycles. The van der Waals surface area contributed by atoms with Crippen molar-refractivity contribution in [2.45, 2.75) is 13.8 Å². The van der Waals surface area contributed by atoms with Gasteiger partial charge in [0.2, 0.25) is 5.91 Å². The Morgan fingerprint density at radius 3 is 2.65 bits per heavy atom. The van der Waals surface area contributed by atoms with Crippen molar-refractivity contribution in [3.8, 4) is 5.75 Å². The lowest BCUT2D eigenvalue weighted by Gasteiger charge is -2.13. The molecule has 1 saturated heterocycles. The van der Waals surface area contributed by atoms with Gasteiger partial charge in [-0.3, -0.25) is 19.3 Å². The van der Waals surface area contributed by atoms with Crippen LogP contribution in [0, 0.1) is 17.4 Å². The molecule has 2 aromatic rings. The number of hydrogen-bond acceptors (Lipinski definition) is 5. The molecule has 31 heavy (non-hydrogen) atoms. The van der Waals surface area contributed by atoms with Crippen molar-refractivity contribution < 1.29 is 19.1 Å². The van der Waals surface area contributed by atoms with Crippen LogP contribution >= 0.6 is 34.4 Å². The van der Waals surface area contributed by atoms with Crippen LogP contribution in [0.2, 0.25) is 0 Å². The highest BCUT2D eigenvalue weighted by Crippen LogP contribution is 2.33. The molecule has 0 bridgehead atoms. The van der Waals surface area contributed by atoms with E-state index >= 15 is 0 Å². The van der Waals surface area contributed by atoms with E-state index in [4.69, 9.17) is 4.74 Å². The van der Waals surface area contributed by atoms with Gasteiger partial charge in [-0.05, 0) is 95.2 Å². The highest BCUT2D eigenvalue weighted by molar-refractivity contribution is 14.1. The molecule has 0 unspecified atom stereocenters. The number of carbonyl (C=O) groups excluding carboxylic acids is 3. The fourth-order valence-corrected chi connectivity index (χ4v) is 4.36. The Morgan fingerprint density at radius 1 is 1.19 bits per heavy atom. The van der Waals surface area contributed by atoms with Crippen LogP contribution in [0.15, 0.2) is 54.0 Å². The first-order valence-corrected chi connectivity index (χ1v) is 11.3. The van der Waals surface area contributed by atoms with Crippen molar-refractivity contribution >= 4 is 63.2 Å². The molecule has 3 amide bonds. The van der Waals surface area contributed by atoms with Gasteiger partial charge >= 0.3 is 0 Å². The first-order valence-electron chi connectivity index (χ1n) is 9.44. The number of rotatable bonds is 7. The maximum Gasteiger partial charge on any atom is 0.294 e. The zero-order chi connectivity index (χ0) is 22.5. The lowest BCUT2D eigenvalue weighted by Crippen LogP contribution is -2.36. The summed E-state index contributed by atoms with van der Waals surface area (Å²) in [5.41, 5.74) is 3.55. The van der Waals surface area contributed by atoms with E-state index < -0.39 is 17.1 Å². The molecule has 1 N–H and O–H groups in total. The summed E-state index contributed by atoms with van der Waals surface area (Å²) in [6.45, 7) is 7.62. The molecule has 1 heterocycles. The Hall–Kier alpha value is -2.59. The van der Waals surface area contributed by atoms with Crippen LogP contribution in [0.25, 0.3) is 6.08 Å². The molecule has 0 spiro atoms. The van der Waals surface area contributed by atoms with Crippen LogP contribution in [0.4, 0.5) is 10.5 Å². The second-order valence-electron chi connectivity index (χ2n) is 6.90. The summed E-state index contributed by atoms with van der Waals surface area (Å²) in [7, 11) is 0. The Balaban J connectivity index is 1.68. The van der Waals surface area contributed by atoms with Crippen molar-refractivity contribution in [3.05, 3.63) is 74.2 Å². The number of amides is 3. The van der Waals surface area contributed by atoms with Crippen LogP contribution in [0.5, 0.6) is 5.75 Å². The quantitative estimate of drug-likeness (QED) is 0.295. The molecule has 1 aliphatic rings. The molecule has 0 aromatic heterocycles. The number of hydrogen-bond donors (Lipinski definition) is 1. The molecule has 0 aliphatic carbocycles. The van der Waals surface area contributed by atoms with E-state index in [1.807, 2.05) is 32.0 Å². The minimum absolute atomic E-state index is 0.277. The van der Waals surface area contributed by atoms with Gasteiger partial charge in [0.1, 0.15) is 18.9 Å². The molecular formula is C23H21IN2O4S. The van der Waals surface area contributed by atoms with E-state index in [0.717, 1.165) is 36.9 Å². The summed E-state index contributed by atoms with van der Waals surface area (Å²) in [4.78, 5) is 38.6. The number of aryl methyl sites for hydroxylation is 2. The third kappa shape index (κ3) is 5.76. The largest absolute Gasteiger partial charge is 0.488 e. The second-order valence-corrected chi connectivity index (χ2v) is 9.06. The average molecular weight is 548 g/mol. The zero-order valence-corrected chi connectivity index (χ0v) is 20.1. The number of benzene rings is 2. The summed E-state index contributed by atoms with van der Waals surface area (Å²) in [6.07, 6.45) is 3.31. The smallest absolute Gasteiger partial charge is 0.294 e. The monoisotopic (exact) mass is 548 g/mol. The summed E-state index contributed by atoms with van der Waals surface area (Å²) in [5, 5.41) is 2.27. The molecule has 6 nitrogen and oxygen atoms in total.